The molecule has 0 aromatic heterocycles. The molecule has 1 amide bonds. The number of hydrogen-bond donors (Lipinski definition) is 2. The Morgan fingerprint density at radius 2 is 1.84 bits per heavy atom. The molecule has 2 aromatic rings. The second kappa shape index (κ2) is 9.51. The monoisotopic (exact) mass is 440 g/mol. The van der Waals surface area contributed by atoms with Gasteiger partial charge in [0.05, 0.1) is 4.90 Å². The average molecular weight is 441 g/mol. The smallest absolute Gasteiger partial charge is 0.263 e. The lowest BCUT2D eigenvalue weighted by Gasteiger charge is -2.17. The number of para-hydroxylation sites is 1. The Kier molecular flexibility index (Phi) is 6.56. The van der Waals surface area contributed by atoms with Gasteiger partial charge in [0, 0.05) is 43.3 Å². The summed E-state index contributed by atoms with van der Waals surface area (Å²) in [7, 11) is -3.48. The van der Waals surface area contributed by atoms with Crippen LogP contribution >= 0.6 is 0 Å². The zero-order chi connectivity index (χ0) is 21.7. The van der Waals surface area contributed by atoms with Crippen LogP contribution in [0, 0.1) is 0 Å². The lowest BCUT2D eigenvalue weighted by molar-refractivity contribution is -0.130. The number of likely N-dealkylation sites (tertiary alicyclic amines) is 1. The Balaban J connectivity index is 1.16. The molecule has 0 bridgehead atoms. The number of benzene rings is 2. The molecule has 2 heterocycles. The van der Waals surface area contributed by atoms with Gasteiger partial charge in [-0.15, -0.1) is 0 Å². The van der Waals surface area contributed by atoms with Crippen LogP contribution in [-0.2, 0) is 14.8 Å². The van der Waals surface area contributed by atoms with Crippen LogP contribution in [0.3, 0.4) is 0 Å². The van der Waals surface area contributed by atoms with Crippen molar-refractivity contribution in [2.75, 3.05) is 25.0 Å². The maximum atomic E-state index is 12.5. The highest BCUT2D eigenvalue weighted by Crippen LogP contribution is 2.22. The van der Waals surface area contributed by atoms with E-state index in [1.807, 2.05) is 35.2 Å². The van der Waals surface area contributed by atoms with Gasteiger partial charge in [0.1, 0.15) is 5.84 Å². The summed E-state index contributed by atoms with van der Waals surface area (Å²) < 4.78 is 26.7. The fourth-order valence-electron chi connectivity index (χ4n) is 4.04. The maximum Gasteiger partial charge on any atom is 0.263 e. The van der Waals surface area contributed by atoms with Gasteiger partial charge in [0.25, 0.3) is 10.0 Å². The number of nitrogens with one attached hydrogen (secondary N) is 2. The first-order chi connectivity index (χ1) is 15.0. The number of fused-ring (bicyclic) bond motifs is 1. The van der Waals surface area contributed by atoms with E-state index in [1.165, 1.54) is 0 Å². The molecular formula is C23H28N4O3S. The Hall–Kier alpha value is -2.87. The van der Waals surface area contributed by atoms with Crippen molar-refractivity contribution in [1.29, 1.82) is 0 Å². The summed E-state index contributed by atoms with van der Waals surface area (Å²) in [5.41, 5.74) is 1.72. The van der Waals surface area contributed by atoms with Gasteiger partial charge in [0.2, 0.25) is 5.91 Å². The van der Waals surface area contributed by atoms with Gasteiger partial charge in [-0.05, 0) is 43.5 Å². The van der Waals surface area contributed by atoms with Crippen LogP contribution in [0.2, 0.25) is 0 Å². The van der Waals surface area contributed by atoms with E-state index in [1.54, 1.807) is 24.3 Å². The summed E-state index contributed by atoms with van der Waals surface area (Å²) in [6, 6.07) is 17.3. The van der Waals surface area contributed by atoms with E-state index in [9.17, 15) is 13.2 Å². The first-order valence-electron chi connectivity index (χ1n) is 10.8. The van der Waals surface area contributed by atoms with E-state index < -0.39 is 10.0 Å². The number of carbonyl (C=O) groups excluding carboxylic acids is 1. The molecule has 0 aliphatic carbocycles. The molecule has 2 aliphatic rings. The minimum Gasteiger partial charge on any atom is -0.380 e. The van der Waals surface area contributed by atoms with E-state index in [2.05, 4.69) is 15.0 Å². The summed E-state index contributed by atoms with van der Waals surface area (Å²) >= 11 is 0. The third kappa shape index (κ3) is 5.25. The molecule has 164 valence electrons. The Morgan fingerprint density at radius 1 is 1.06 bits per heavy atom. The zero-order valence-corrected chi connectivity index (χ0v) is 18.3. The van der Waals surface area contributed by atoms with Crippen molar-refractivity contribution in [3.05, 3.63) is 60.2 Å². The SMILES string of the molecule is O=C(CCCCCN=C1NS(=O)(=O)c2ccccc21)N1CCC(Nc2ccccc2)C1. The number of aliphatic imine (C=N–C) groups is 1. The number of unbranched alkanes of at least 4 members (excludes halogenated alkanes) is 2. The van der Waals surface area contributed by atoms with E-state index in [-0.39, 0.29) is 10.8 Å². The van der Waals surface area contributed by atoms with E-state index in [0.717, 1.165) is 44.5 Å². The fraction of sp³-hybridized carbons (Fsp3) is 0.391. The first-order valence-corrected chi connectivity index (χ1v) is 12.3. The van der Waals surface area contributed by atoms with Crippen molar-refractivity contribution in [3.63, 3.8) is 0 Å². The van der Waals surface area contributed by atoms with Crippen molar-refractivity contribution in [1.82, 2.24) is 9.62 Å². The van der Waals surface area contributed by atoms with Crippen molar-refractivity contribution >= 4 is 27.5 Å². The van der Waals surface area contributed by atoms with Crippen molar-refractivity contribution in [2.45, 2.75) is 43.0 Å². The quantitative estimate of drug-likeness (QED) is 0.618. The van der Waals surface area contributed by atoms with E-state index >= 15 is 0 Å². The lowest BCUT2D eigenvalue weighted by Crippen LogP contribution is -2.31. The molecule has 2 aromatic carbocycles. The third-order valence-corrected chi connectivity index (χ3v) is 7.06. The summed E-state index contributed by atoms with van der Waals surface area (Å²) in [6.45, 7) is 2.09. The highest BCUT2D eigenvalue weighted by molar-refractivity contribution is 7.90. The van der Waals surface area contributed by atoms with Gasteiger partial charge in [-0.1, -0.05) is 36.8 Å². The van der Waals surface area contributed by atoms with Crippen LogP contribution in [0.25, 0.3) is 0 Å². The van der Waals surface area contributed by atoms with Crippen LogP contribution in [0.15, 0.2) is 64.5 Å². The molecule has 0 saturated carbocycles. The number of nitrogens with zero attached hydrogens (tertiary/aromatic N) is 2. The molecule has 0 radical (unpaired) electrons. The number of rotatable bonds is 8. The largest absolute Gasteiger partial charge is 0.380 e. The first kappa shape index (κ1) is 21.4. The summed E-state index contributed by atoms with van der Waals surface area (Å²) in [5, 5.41) is 3.49. The highest BCUT2D eigenvalue weighted by Gasteiger charge is 2.30. The molecule has 4 rings (SSSR count). The van der Waals surface area contributed by atoms with E-state index in [0.29, 0.717) is 30.4 Å². The average Bonchev–Trinajstić information content (AvgIpc) is 3.34. The topological polar surface area (TPSA) is 90.9 Å². The van der Waals surface area contributed by atoms with Crippen LogP contribution in [-0.4, -0.2) is 50.7 Å². The van der Waals surface area contributed by atoms with Crippen LogP contribution in [0.1, 0.15) is 37.7 Å². The number of hydrogen-bond acceptors (Lipinski definition) is 5. The van der Waals surface area contributed by atoms with Crippen molar-refractivity contribution < 1.29 is 13.2 Å². The maximum absolute atomic E-state index is 12.5. The highest BCUT2D eigenvalue weighted by atomic mass is 32.2. The number of amides is 1. The minimum atomic E-state index is -3.48. The molecule has 1 unspecified atom stereocenters. The van der Waals surface area contributed by atoms with Gasteiger partial charge in [0.15, 0.2) is 0 Å². The molecular weight excluding hydrogens is 412 g/mol. The van der Waals surface area contributed by atoms with Gasteiger partial charge < -0.3 is 10.2 Å². The predicted octanol–water partition coefficient (Wildman–Crippen LogP) is 3.00. The van der Waals surface area contributed by atoms with Crippen molar-refractivity contribution in [3.8, 4) is 0 Å². The predicted molar refractivity (Wildman–Crippen MR) is 122 cm³/mol. The zero-order valence-electron chi connectivity index (χ0n) is 17.5. The standard InChI is InChI=1S/C23H28N4O3S/c28-22(27-16-14-19(17-27)25-18-9-3-1-4-10-18)13-5-2-8-15-24-23-20-11-6-7-12-21(20)31(29,30)26-23/h1,3-4,6-7,9-12,19,25H,2,5,8,13-17H2,(H,24,26). The summed E-state index contributed by atoms with van der Waals surface area (Å²) in [6.07, 6.45) is 4.04. The summed E-state index contributed by atoms with van der Waals surface area (Å²) in [4.78, 5) is 19.1. The van der Waals surface area contributed by atoms with Gasteiger partial charge in [-0.25, -0.2) is 8.42 Å². The van der Waals surface area contributed by atoms with Gasteiger partial charge in [-0.3, -0.25) is 14.5 Å². The third-order valence-electron chi connectivity index (χ3n) is 5.67. The summed E-state index contributed by atoms with van der Waals surface area (Å²) in [5.74, 6) is 0.627. The second-order valence-corrected chi connectivity index (χ2v) is 9.63. The Bertz CT molecular complexity index is 1050. The van der Waals surface area contributed by atoms with Crippen LogP contribution in [0.4, 0.5) is 5.69 Å². The minimum absolute atomic E-state index is 0.209. The number of carbonyl (C=O) groups is 1. The van der Waals surface area contributed by atoms with Crippen LogP contribution in [0.5, 0.6) is 0 Å². The van der Waals surface area contributed by atoms with E-state index in [4.69, 9.17) is 0 Å². The number of sulfonamides is 1. The van der Waals surface area contributed by atoms with Crippen LogP contribution < -0.4 is 10.0 Å². The van der Waals surface area contributed by atoms with Gasteiger partial charge in [-0.2, -0.15) is 0 Å². The molecule has 2 N–H and O–H groups in total. The molecule has 0 spiro atoms. The molecule has 1 saturated heterocycles. The second-order valence-electron chi connectivity index (χ2n) is 7.98. The normalized spacial score (nSPS) is 20.5. The number of anilines is 1. The molecule has 8 heteroatoms. The number of amidine groups is 1. The molecule has 1 fully saturated rings. The molecule has 31 heavy (non-hydrogen) atoms. The Morgan fingerprint density at radius 3 is 2.68 bits per heavy atom. The van der Waals surface area contributed by atoms with Gasteiger partial charge >= 0.3 is 0 Å². The molecule has 1 atom stereocenters. The van der Waals surface area contributed by atoms with Crippen molar-refractivity contribution in [2.24, 2.45) is 4.99 Å². The lowest BCUT2D eigenvalue weighted by atomic mass is 10.1. The molecule has 7 nitrogen and oxygen atoms in total. The molecule has 2 aliphatic heterocycles. The Labute approximate surface area is 183 Å². The fourth-order valence-corrected chi connectivity index (χ4v) is 5.29.